The Morgan fingerprint density at radius 3 is 1.18 bits per heavy atom. The number of anilines is 2. The second kappa shape index (κ2) is 15.7. The molecule has 0 aliphatic carbocycles. The molecule has 0 bridgehead atoms. The maximum Gasteiger partial charge on any atom is 0.272 e. The number of aryl methyl sites for hydroxylation is 4. The highest BCUT2D eigenvalue weighted by Crippen LogP contribution is 2.20. The summed E-state index contributed by atoms with van der Waals surface area (Å²) in [6.45, 7) is 1.81. The van der Waals surface area contributed by atoms with Crippen LogP contribution in [0.15, 0.2) is 122 Å². The van der Waals surface area contributed by atoms with Crippen molar-refractivity contribution in [3.63, 3.8) is 0 Å². The Balaban J connectivity index is 0.00000220. The normalized spacial score (nSPS) is 10.4. The van der Waals surface area contributed by atoms with Crippen LogP contribution in [0, 0.1) is 0 Å². The van der Waals surface area contributed by atoms with Gasteiger partial charge in [0, 0.05) is 12.1 Å². The third kappa shape index (κ3) is 8.51. The maximum atomic E-state index is 6.34. The van der Waals surface area contributed by atoms with Gasteiger partial charge >= 0.3 is 0 Å². The molecule has 40 heavy (non-hydrogen) atoms. The summed E-state index contributed by atoms with van der Waals surface area (Å²) in [5, 5.41) is 0. The molecule has 0 atom stereocenters. The summed E-state index contributed by atoms with van der Waals surface area (Å²) < 4.78 is 4.27. The number of hydrogen-bond acceptors (Lipinski definition) is 2. The fraction of sp³-hybridized carbons (Fsp3) is 0.176. The summed E-state index contributed by atoms with van der Waals surface area (Å²) in [5.41, 5.74) is 20.1. The highest BCUT2D eigenvalue weighted by molar-refractivity contribution is 5.65. The molecule has 0 fully saturated rings. The molecular formula is C34H36I2N4. The van der Waals surface area contributed by atoms with Crippen LogP contribution < -0.4 is 68.6 Å². The van der Waals surface area contributed by atoms with Crippen LogP contribution in [0.4, 0.5) is 11.6 Å². The maximum absolute atomic E-state index is 6.34. The van der Waals surface area contributed by atoms with Crippen LogP contribution in [0.1, 0.15) is 24.0 Å². The van der Waals surface area contributed by atoms with Crippen molar-refractivity contribution < 1.29 is 57.1 Å². The minimum Gasteiger partial charge on any atom is -1.00 e. The van der Waals surface area contributed by atoms with Gasteiger partial charge in [-0.3, -0.25) is 11.5 Å². The SMILES string of the molecule is Nc1cc(-c2ccccc2)cc[n+]1CCCc1ccc(CCC[n+]2ccc(-c3ccccc3)cc2N)cc1.[I-].[I-]. The number of aromatic nitrogens is 2. The third-order valence-electron chi connectivity index (χ3n) is 7.10. The molecule has 0 spiro atoms. The molecular weight excluding hydrogens is 718 g/mol. The quantitative estimate of drug-likeness (QED) is 0.157. The standard InChI is InChI=1S/C34H34N4.2HI/c35-33-25-31(29-11-3-1-4-12-29)19-23-37(33)21-7-9-27-15-17-28(18-16-27)10-8-22-38-24-20-32(26-34(38)36)30-13-5-2-6-14-30;;/h1-6,11-20,23-26,35-36H,7-10,21-22H2;2*1H. The number of nitrogens with two attached hydrogens (primary N) is 2. The zero-order chi connectivity index (χ0) is 26.2. The van der Waals surface area contributed by atoms with Gasteiger partial charge < -0.3 is 48.0 Å². The van der Waals surface area contributed by atoms with Gasteiger partial charge in [0.2, 0.25) is 0 Å². The molecule has 0 unspecified atom stereocenters. The minimum atomic E-state index is 0. The highest BCUT2D eigenvalue weighted by atomic mass is 127. The first-order valence-corrected chi connectivity index (χ1v) is 13.4. The average Bonchev–Trinajstić information content (AvgIpc) is 2.96. The molecule has 0 aliphatic rings. The van der Waals surface area contributed by atoms with Crippen molar-refractivity contribution in [2.24, 2.45) is 0 Å². The summed E-state index contributed by atoms with van der Waals surface area (Å²) in [6, 6.07) is 38.2. The molecule has 0 saturated heterocycles. The fourth-order valence-electron chi connectivity index (χ4n) is 4.90. The first-order valence-electron chi connectivity index (χ1n) is 13.4. The number of hydrogen-bond donors (Lipinski definition) is 2. The van der Waals surface area contributed by atoms with Crippen LogP contribution in [0.3, 0.4) is 0 Å². The Bertz CT molecular complexity index is 1360. The smallest absolute Gasteiger partial charge is 0.272 e. The van der Waals surface area contributed by atoms with Gasteiger partial charge in [0.25, 0.3) is 11.6 Å². The molecule has 0 saturated carbocycles. The largest absolute Gasteiger partial charge is 1.00 e. The molecule has 2 heterocycles. The molecule has 3 aromatic carbocycles. The number of pyridine rings is 2. The van der Waals surface area contributed by atoms with E-state index >= 15 is 0 Å². The molecule has 4 N–H and O–H groups in total. The van der Waals surface area contributed by atoms with Crippen molar-refractivity contribution in [2.45, 2.75) is 38.8 Å². The zero-order valence-electron chi connectivity index (χ0n) is 22.6. The predicted molar refractivity (Wildman–Crippen MR) is 156 cm³/mol. The number of nitrogen functional groups attached to an aromatic ring is 2. The first kappa shape index (κ1) is 31.5. The molecule has 0 radical (unpaired) electrons. The van der Waals surface area contributed by atoms with Crippen LogP contribution in [0.2, 0.25) is 0 Å². The van der Waals surface area contributed by atoms with E-state index in [2.05, 4.69) is 119 Å². The van der Waals surface area contributed by atoms with Crippen molar-refractivity contribution in [1.82, 2.24) is 0 Å². The Morgan fingerprint density at radius 2 is 0.825 bits per heavy atom. The Kier molecular flexibility index (Phi) is 12.4. The molecule has 6 heteroatoms. The van der Waals surface area contributed by atoms with E-state index in [9.17, 15) is 0 Å². The lowest BCUT2D eigenvalue weighted by Crippen LogP contribution is -3.00. The summed E-state index contributed by atoms with van der Waals surface area (Å²) in [5.74, 6) is 1.60. The van der Waals surface area contributed by atoms with Gasteiger partial charge in [-0.05, 0) is 71.2 Å². The van der Waals surface area contributed by atoms with Crippen LogP contribution in [-0.2, 0) is 25.9 Å². The molecule has 5 aromatic rings. The molecule has 5 rings (SSSR count). The van der Waals surface area contributed by atoms with E-state index in [0.29, 0.717) is 0 Å². The Labute approximate surface area is 272 Å². The second-order valence-corrected chi connectivity index (χ2v) is 9.82. The lowest BCUT2D eigenvalue weighted by Gasteiger charge is -2.08. The summed E-state index contributed by atoms with van der Waals surface area (Å²) in [6.07, 6.45) is 8.36. The molecule has 2 aromatic heterocycles. The number of benzene rings is 3. The van der Waals surface area contributed by atoms with E-state index in [4.69, 9.17) is 11.5 Å². The summed E-state index contributed by atoms with van der Waals surface area (Å²) >= 11 is 0. The number of nitrogens with zero attached hydrogens (tertiary/aromatic N) is 2. The lowest BCUT2D eigenvalue weighted by atomic mass is 10.0. The second-order valence-electron chi connectivity index (χ2n) is 9.82. The fourth-order valence-corrected chi connectivity index (χ4v) is 4.90. The van der Waals surface area contributed by atoms with Gasteiger partial charge in [-0.15, -0.1) is 0 Å². The van der Waals surface area contributed by atoms with Gasteiger partial charge in [-0.2, -0.15) is 0 Å². The Hall–Kier alpha value is -2.98. The van der Waals surface area contributed by atoms with E-state index in [0.717, 1.165) is 61.5 Å². The van der Waals surface area contributed by atoms with E-state index in [1.54, 1.807) is 0 Å². The van der Waals surface area contributed by atoms with Gasteiger partial charge in [-0.1, -0.05) is 84.9 Å². The molecule has 0 amide bonds. The van der Waals surface area contributed by atoms with Gasteiger partial charge in [0.15, 0.2) is 0 Å². The molecule has 206 valence electrons. The molecule has 4 nitrogen and oxygen atoms in total. The highest BCUT2D eigenvalue weighted by Gasteiger charge is 2.09. The number of halogens is 2. The van der Waals surface area contributed by atoms with Crippen molar-refractivity contribution >= 4 is 11.6 Å². The van der Waals surface area contributed by atoms with Crippen LogP contribution in [-0.4, -0.2) is 0 Å². The van der Waals surface area contributed by atoms with Crippen LogP contribution in [0.25, 0.3) is 22.3 Å². The van der Waals surface area contributed by atoms with E-state index in [-0.39, 0.29) is 48.0 Å². The zero-order valence-corrected chi connectivity index (χ0v) is 26.9. The van der Waals surface area contributed by atoms with Crippen molar-refractivity contribution in [3.8, 4) is 22.3 Å². The van der Waals surface area contributed by atoms with Crippen LogP contribution in [0.5, 0.6) is 0 Å². The Morgan fingerprint density at radius 1 is 0.450 bits per heavy atom. The number of rotatable bonds is 10. The predicted octanol–water partition coefficient (Wildman–Crippen LogP) is 0.0336. The molecule has 0 aliphatic heterocycles. The average molecular weight is 754 g/mol. The van der Waals surface area contributed by atoms with E-state index in [1.165, 1.54) is 22.3 Å². The van der Waals surface area contributed by atoms with E-state index < -0.39 is 0 Å². The lowest BCUT2D eigenvalue weighted by molar-refractivity contribution is -0.683. The van der Waals surface area contributed by atoms with Gasteiger partial charge in [0.1, 0.15) is 0 Å². The monoisotopic (exact) mass is 754 g/mol. The van der Waals surface area contributed by atoms with E-state index in [1.807, 2.05) is 12.1 Å². The van der Waals surface area contributed by atoms with Gasteiger partial charge in [0.05, 0.1) is 25.5 Å². The minimum absolute atomic E-state index is 0. The summed E-state index contributed by atoms with van der Waals surface area (Å²) in [7, 11) is 0. The third-order valence-corrected chi connectivity index (χ3v) is 7.10. The van der Waals surface area contributed by atoms with Crippen molar-refractivity contribution in [2.75, 3.05) is 11.5 Å². The first-order chi connectivity index (χ1) is 18.7. The van der Waals surface area contributed by atoms with Crippen LogP contribution >= 0.6 is 0 Å². The topological polar surface area (TPSA) is 59.8 Å². The van der Waals surface area contributed by atoms with Crippen molar-refractivity contribution in [1.29, 1.82) is 0 Å². The summed E-state index contributed by atoms with van der Waals surface area (Å²) in [4.78, 5) is 0. The van der Waals surface area contributed by atoms with Crippen molar-refractivity contribution in [3.05, 3.63) is 133 Å². The van der Waals surface area contributed by atoms with Gasteiger partial charge in [-0.25, -0.2) is 9.13 Å².